The van der Waals surface area contributed by atoms with Gasteiger partial charge in [0.15, 0.2) is 0 Å². The number of aliphatic hydroxyl groups is 2. The molecule has 4 atom stereocenters. The second kappa shape index (κ2) is 13.1. The maximum atomic E-state index is 13.2. The van der Waals surface area contributed by atoms with E-state index in [1.165, 1.54) is 7.05 Å². The van der Waals surface area contributed by atoms with Crippen LogP contribution in [0.3, 0.4) is 0 Å². The number of para-hydroxylation sites is 1. The number of benzene rings is 3. The molecule has 0 radical (unpaired) electrons. The molecule has 2 amide bonds. The molecule has 1 saturated heterocycles. The molecule has 6 rings (SSSR count). The van der Waals surface area contributed by atoms with E-state index in [-0.39, 0.29) is 43.6 Å². The van der Waals surface area contributed by atoms with Crippen LogP contribution in [0.2, 0.25) is 0 Å². The highest BCUT2D eigenvalue weighted by atomic mass is 16.5. The molecule has 45 heavy (non-hydrogen) atoms. The summed E-state index contributed by atoms with van der Waals surface area (Å²) >= 11 is 0. The van der Waals surface area contributed by atoms with Gasteiger partial charge >= 0.3 is 0 Å². The fourth-order valence-corrected chi connectivity index (χ4v) is 6.83. The minimum atomic E-state index is -1.00. The summed E-state index contributed by atoms with van der Waals surface area (Å²) in [5.74, 6) is -1.79. The van der Waals surface area contributed by atoms with Crippen molar-refractivity contribution < 1.29 is 29.6 Å². The first-order chi connectivity index (χ1) is 21.9. The van der Waals surface area contributed by atoms with Crippen LogP contribution in [0.25, 0.3) is 22.4 Å². The molecular formula is C37H36N2O6. The van der Waals surface area contributed by atoms with E-state index in [4.69, 9.17) is 4.74 Å². The maximum absolute atomic E-state index is 13.2. The highest BCUT2D eigenvalue weighted by Gasteiger charge is 2.53. The molecule has 3 N–H and O–H groups in total. The number of hydrogen-bond acceptors (Lipinski definition) is 7. The highest BCUT2D eigenvalue weighted by Crippen LogP contribution is 2.46. The van der Waals surface area contributed by atoms with Gasteiger partial charge in [-0.25, -0.2) is 0 Å². The first-order valence-electron chi connectivity index (χ1n) is 15.2. The van der Waals surface area contributed by atoms with E-state index >= 15 is 0 Å². The predicted octanol–water partition coefficient (Wildman–Crippen LogP) is 5.24. The van der Waals surface area contributed by atoms with Crippen molar-refractivity contribution in [1.82, 2.24) is 9.88 Å². The molecule has 0 bridgehead atoms. The van der Waals surface area contributed by atoms with E-state index in [0.29, 0.717) is 17.7 Å². The lowest BCUT2D eigenvalue weighted by atomic mass is 9.68. The van der Waals surface area contributed by atoms with Crippen molar-refractivity contribution in [2.75, 3.05) is 20.3 Å². The average molecular weight is 605 g/mol. The number of aliphatic hydroxyl groups excluding tert-OH is 2. The van der Waals surface area contributed by atoms with Gasteiger partial charge in [0, 0.05) is 24.5 Å². The number of rotatable bonds is 10. The first-order valence-corrected chi connectivity index (χ1v) is 15.2. The van der Waals surface area contributed by atoms with Crippen LogP contribution in [0.15, 0.2) is 102 Å². The summed E-state index contributed by atoms with van der Waals surface area (Å²) in [5, 5.41) is 34.5. The number of fused-ring (bicyclic) bond motifs is 2. The number of phenolic OH excluding ortho intramolecular Hbond substituents is 1. The molecule has 4 aromatic rings. The number of aromatic hydroxyl groups is 1. The monoisotopic (exact) mass is 604 g/mol. The second-order valence-corrected chi connectivity index (χ2v) is 11.7. The largest absolute Gasteiger partial charge is 0.507 e. The Bertz CT molecular complexity index is 1770. The average Bonchev–Trinajstić information content (AvgIpc) is 3.29. The number of amides is 2. The molecule has 230 valence electrons. The van der Waals surface area contributed by atoms with Crippen molar-refractivity contribution in [1.29, 1.82) is 0 Å². The molecule has 1 aromatic heterocycles. The number of allylic oxidation sites excluding steroid dienone is 1. The van der Waals surface area contributed by atoms with Crippen LogP contribution in [0, 0.1) is 17.8 Å². The predicted molar refractivity (Wildman–Crippen MR) is 172 cm³/mol. The van der Waals surface area contributed by atoms with Crippen molar-refractivity contribution >= 4 is 34.2 Å². The van der Waals surface area contributed by atoms with E-state index in [0.717, 1.165) is 38.1 Å². The zero-order valence-corrected chi connectivity index (χ0v) is 25.0. The fraction of sp³-hybridized carbons (Fsp3) is 0.270. The lowest BCUT2D eigenvalue weighted by molar-refractivity contribution is -0.138. The smallest absolute Gasteiger partial charge is 0.233 e. The van der Waals surface area contributed by atoms with Crippen LogP contribution in [-0.2, 0) is 9.59 Å². The quantitative estimate of drug-likeness (QED) is 0.167. The van der Waals surface area contributed by atoms with Crippen LogP contribution in [0.4, 0.5) is 0 Å². The van der Waals surface area contributed by atoms with Crippen LogP contribution >= 0.6 is 0 Å². The molecular weight excluding hydrogens is 568 g/mol. The minimum absolute atomic E-state index is 0.129. The summed E-state index contributed by atoms with van der Waals surface area (Å²) in [7, 11) is 1.48. The Kier molecular flexibility index (Phi) is 8.78. The third kappa shape index (κ3) is 5.99. The van der Waals surface area contributed by atoms with Crippen LogP contribution < -0.4 is 4.74 Å². The number of hydrogen-bond donors (Lipinski definition) is 3. The Balaban J connectivity index is 1.35. The summed E-state index contributed by atoms with van der Waals surface area (Å²) in [6.07, 6.45) is 3.74. The molecule has 0 spiro atoms. The molecule has 1 aliphatic carbocycles. The first kappa shape index (κ1) is 30.2. The zero-order chi connectivity index (χ0) is 31.5. The number of carbonyl (C=O) groups excluding carboxylic acids is 2. The number of pyridine rings is 1. The van der Waals surface area contributed by atoms with Crippen molar-refractivity contribution in [3.63, 3.8) is 0 Å². The third-order valence-electron chi connectivity index (χ3n) is 9.06. The van der Waals surface area contributed by atoms with Crippen molar-refractivity contribution in [2.45, 2.75) is 25.4 Å². The summed E-state index contributed by atoms with van der Waals surface area (Å²) in [4.78, 5) is 31.9. The summed E-state index contributed by atoms with van der Waals surface area (Å²) < 4.78 is 6.08. The van der Waals surface area contributed by atoms with E-state index in [9.17, 15) is 24.9 Å². The van der Waals surface area contributed by atoms with Gasteiger partial charge in [0.05, 0.1) is 30.2 Å². The lowest BCUT2D eigenvalue weighted by Gasteiger charge is -2.36. The molecule has 2 heterocycles. The van der Waals surface area contributed by atoms with Gasteiger partial charge in [-0.3, -0.25) is 19.5 Å². The van der Waals surface area contributed by atoms with Gasteiger partial charge < -0.3 is 20.1 Å². The Hall–Kier alpha value is -4.79. The van der Waals surface area contributed by atoms with Crippen LogP contribution in [0.5, 0.6) is 11.5 Å². The number of likely N-dealkylation sites (tertiary alicyclic amines) is 1. The maximum Gasteiger partial charge on any atom is 0.233 e. The number of aromatic nitrogens is 1. The Morgan fingerprint density at radius 3 is 2.44 bits per heavy atom. The second-order valence-electron chi connectivity index (χ2n) is 11.7. The van der Waals surface area contributed by atoms with Gasteiger partial charge in [-0.05, 0) is 83.3 Å². The molecule has 2 aliphatic rings. The van der Waals surface area contributed by atoms with Crippen LogP contribution in [-0.4, -0.2) is 63.4 Å². The molecule has 0 saturated carbocycles. The molecule has 8 heteroatoms. The van der Waals surface area contributed by atoms with Gasteiger partial charge in [0.2, 0.25) is 11.8 Å². The van der Waals surface area contributed by atoms with Gasteiger partial charge in [-0.1, -0.05) is 54.6 Å². The number of phenols is 1. The molecule has 1 aliphatic heterocycles. The van der Waals surface area contributed by atoms with E-state index in [1.807, 2.05) is 84.9 Å². The van der Waals surface area contributed by atoms with Crippen molar-refractivity contribution in [2.24, 2.45) is 17.8 Å². The van der Waals surface area contributed by atoms with Crippen molar-refractivity contribution in [3.8, 4) is 11.5 Å². The fourth-order valence-electron chi connectivity index (χ4n) is 6.83. The Morgan fingerprint density at radius 1 is 0.978 bits per heavy atom. The van der Waals surface area contributed by atoms with E-state index in [2.05, 4.69) is 4.98 Å². The molecule has 3 aromatic carbocycles. The molecule has 1 fully saturated rings. The van der Waals surface area contributed by atoms with Gasteiger partial charge in [0.25, 0.3) is 0 Å². The standard InChI is InChI=1S/C37H36N2O6/c1-39-36(43)29-20-25(22-45-26-9-3-2-4-10-26)34(30(21-40)35(29)37(39)44)33(42)17-15-24(31-13-7-8-18-38-31)19-23-14-16-32(41)28-12-6-5-11-27(23)28/h2-14,16,18-19,29-30,33,35,40-42H,15,17,20-22H2,1H3/b24-19-/t29-,30+,33-,35-/m1/s1. The molecule has 8 nitrogen and oxygen atoms in total. The van der Waals surface area contributed by atoms with Crippen LogP contribution in [0.1, 0.15) is 30.5 Å². The SMILES string of the molecule is CN1C(=O)[C@@H]2[C@@H](CC(COc3ccccc3)=C([C@H](O)CC/C(=C/c3ccc(O)c4ccccc34)c3ccccn3)[C@@H]2CO)C1=O. The topological polar surface area (TPSA) is 120 Å². The third-order valence-corrected chi connectivity index (χ3v) is 9.06. The summed E-state index contributed by atoms with van der Waals surface area (Å²) in [5.41, 5.74) is 3.84. The number of imide groups is 1. The van der Waals surface area contributed by atoms with Gasteiger partial charge in [0.1, 0.15) is 18.1 Å². The molecule has 0 unspecified atom stereocenters. The zero-order valence-electron chi connectivity index (χ0n) is 25.0. The Morgan fingerprint density at radius 2 is 1.71 bits per heavy atom. The normalized spacial score (nSPS) is 20.9. The van der Waals surface area contributed by atoms with Crippen molar-refractivity contribution in [3.05, 3.63) is 114 Å². The van der Waals surface area contributed by atoms with Gasteiger partial charge in [-0.2, -0.15) is 0 Å². The number of ether oxygens (including phenoxy) is 1. The minimum Gasteiger partial charge on any atom is -0.507 e. The summed E-state index contributed by atoms with van der Waals surface area (Å²) in [6, 6.07) is 26.1. The highest BCUT2D eigenvalue weighted by molar-refractivity contribution is 6.05. The van der Waals surface area contributed by atoms with E-state index in [1.54, 1.807) is 12.3 Å². The lowest BCUT2D eigenvalue weighted by Crippen LogP contribution is -2.39. The number of carbonyl (C=O) groups is 2. The Labute approximate surface area is 261 Å². The summed E-state index contributed by atoms with van der Waals surface area (Å²) in [6.45, 7) is -0.249. The number of nitrogens with zero attached hydrogens (tertiary/aromatic N) is 2. The van der Waals surface area contributed by atoms with Gasteiger partial charge in [-0.15, -0.1) is 0 Å². The van der Waals surface area contributed by atoms with E-state index < -0.39 is 23.9 Å².